The van der Waals surface area contributed by atoms with Crippen LogP contribution in [-0.2, 0) is 6.42 Å². The van der Waals surface area contributed by atoms with Gasteiger partial charge in [-0.05, 0) is 69.6 Å². The number of nitrogens with zero attached hydrogens (tertiary/aromatic N) is 1. The average molecular weight is 362 g/mol. The molecule has 0 radical (unpaired) electrons. The first-order chi connectivity index (χ1) is 12.1. The molecule has 1 fully saturated rings. The summed E-state index contributed by atoms with van der Waals surface area (Å²) in [7, 11) is 0. The molecule has 1 aromatic carbocycles. The Kier molecular flexibility index (Phi) is 6.86. The van der Waals surface area contributed by atoms with Gasteiger partial charge in [0.25, 0.3) is 5.91 Å². The lowest BCUT2D eigenvalue weighted by Gasteiger charge is -2.43. The van der Waals surface area contributed by atoms with Crippen LogP contribution in [0.5, 0.6) is 0 Å². The number of carbonyl (C=O) groups is 1. The largest absolute Gasteiger partial charge is 0.396 e. The molecule has 0 saturated carbocycles. The second kappa shape index (κ2) is 8.53. The Bertz CT molecular complexity index is 606. The van der Waals surface area contributed by atoms with Gasteiger partial charge in [0, 0.05) is 24.1 Å². The number of aryl methyl sites for hydroxylation is 1. The van der Waals surface area contributed by atoms with Crippen molar-refractivity contribution in [2.45, 2.75) is 65.4 Å². The number of aliphatic hydroxyl groups is 2. The number of rotatable bonds is 7. The zero-order valence-corrected chi connectivity index (χ0v) is 16.8. The first-order valence-corrected chi connectivity index (χ1v) is 9.86. The minimum atomic E-state index is -0.704. The maximum atomic E-state index is 13.0. The molecule has 1 heterocycles. The minimum Gasteiger partial charge on any atom is -0.396 e. The summed E-state index contributed by atoms with van der Waals surface area (Å²) in [6.45, 7) is 9.48. The number of carbonyl (C=O) groups excluding carboxylic acids is 1. The Hall–Kier alpha value is -1.39. The Balaban J connectivity index is 2.10. The fourth-order valence-corrected chi connectivity index (χ4v) is 4.10. The van der Waals surface area contributed by atoms with Gasteiger partial charge in [-0.2, -0.15) is 0 Å². The smallest absolute Gasteiger partial charge is 0.253 e. The predicted octanol–water partition coefficient (Wildman–Crippen LogP) is 3.65. The van der Waals surface area contributed by atoms with E-state index in [1.54, 1.807) is 13.8 Å². The maximum absolute atomic E-state index is 13.0. The molecule has 1 unspecified atom stereocenters. The SMILES string of the molecule is CC(C)CC1(CO)CCCN(C(=O)c2cccc(CCC(C)(C)O)c2)C1. The van der Waals surface area contributed by atoms with Gasteiger partial charge in [-0.3, -0.25) is 4.79 Å². The molecule has 0 aliphatic carbocycles. The molecular weight excluding hydrogens is 326 g/mol. The number of hydrogen-bond donors (Lipinski definition) is 2. The first-order valence-electron chi connectivity index (χ1n) is 9.86. The lowest BCUT2D eigenvalue weighted by atomic mass is 9.74. The molecule has 1 amide bonds. The van der Waals surface area contributed by atoms with Gasteiger partial charge in [0.2, 0.25) is 0 Å². The summed E-state index contributed by atoms with van der Waals surface area (Å²) in [6.07, 6.45) is 4.28. The summed E-state index contributed by atoms with van der Waals surface area (Å²) in [5, 5.41) is 19.9. The highest BCUT2D eigenvalue weighted by Gasteiger charge is 2.37. The molecule has 1 saturated heterocycles. The molecule has 26 heavy (non-hydrogen) atoms. The second-order valence-electron chi connectivity index (χ2n) is 9.10. The van der Waals surface area contributed by atoms with Crippen LogP contribution in [0.2, 0.25) is 0 Å². The van der Waals surface area contributed by atoms with Crippen LogP contribution >= 0.6 is 0 Å². The van der Waals surface area contributed by atoms with Gasteiger partial charge in [-0.1, -0.05) is 26.0 Å². The molecule has 1 aromatic rings. The van der Waals surface area contributed by atoms with Crippen molar-refractivity contribution in [1.82, 2.24) is 4.90 Å². The lowest BCUT2D eigenvalue weighted by molar-refractivity contribution is 0.0160. The number of benzene rings is 1. The molecule has 146 valence electrons. The van der Waals surface area contributed by atoms with Gasteiger partial charge < -0.3 is 15.1 Å². The van der Waals surface area contributed by atoms with Crippen molar-refractivity contribution in [1.29, 1.82) is 0 Å². The van der Waals surface area contributed by atoms with E-state index in [1.165, 1.54) is 0 Å². The van der Waals surface area contributed by atoms with Crippen molar-refractivity contribution < 1.29 is 15.0 Å². The van der Waals surface area contributed by atoms with Crippen LogP contribution < -0.4 is 0 Å². The van der Waals surface area contributed by atoms with Crippen molar-refractivity contribution in [2.24, 2.45) is 11.3 Å². The molecule has 0 bridgehead atoms. The van der Waals surface area contributed by atoms with E-state index >= 15 is 0 Å². The summed E-state index contributed by atoms with van der Waals surface area (Å²) in [6, 6.07) is 7.75. The van der Waals surface area contributed by atoms with Gasteiger partial charge >= 0.3 is 0 Å². The highest BCUT2D eigenvalue weighted by Crippen LogP contribution is 2.36. The molecule has 1 atom stereocenters. The van der Waals surface area contributed by atoms with Crippen molar-refractivity contribution >= 4 is 5.91 Å². The van der Waals surface area contributed by atoms with E-state index in [4.69, 9.17) is 0 Å². The van der Waals surface area contributed by atoms with E-state index in [0.717, 1.165) is 37.8 Å². The zero-order valence-electron chi connectivity index (χ0n) is 16.8. The van der Waals surface area contributed by atoms with Crippen molar-refractivity contribution in [3.05, 3.63) is 35.4 Å². The first kappa shape index (κ1) is 20.9. The van der Waals surface area contributed by atoms with Crippen LogP contribution in [0, 0.1) is 11.3 Å². The van der Waals surface area contributed by atoms with Crippen molar-refractivity contribution in [2.75, 3.05) is 19.7 Å². The minimum absolute atomic E-state index is 0.0522. The monoisotopic (exact) mass is 361 g/mol. The highest BCUT2D eigenvalue weighted by molar-refractivity contribution is 5.94. The Morgan fingerprint density at radius 2 is 2.08 bits per heavy atom. The van der Waals surface area contributed by atoms with E-state index in [-0.39, 0.29) is 17.9 Å². The summed E-state index contributed by atoms with van der Waals surface area (Å²) >= 11 is 0. The number of hydrogen-bond acceptors (Lipinski definition) is 3. The van der Waals surface area contributed by atoms with Gasteiger partial charge in [-0.25, -0.2) is 0 Å². The number of amides is 1. The molecular formula is C22H35NO3. The van der Waals surface area contributed by atoms with Crippen LogP contribution in [0.15, 0.2) is 24.3 Å². The van der Waals surface area contributed by atoms with E-state index in [0.29, 0.717) is 24.4 Å². The normalized spacial score (nSPS) is 21.3. The molecule has 1 aliphatic rings. The van der Waals surface area contributed by atoms with E-state index in [1.807, 2.05) is 29.2 Å². The number of piperidine rings is 1. The number of aliphatic hydroxyl groups excluding tert-OH is 1. The van der Waals surface area contributed by atoms with Crippen LogP contribution in [0.1, 0.15) is 69.3 Å². The summed E-state index contributed by atoms with van der Waals surface area (Å²) < 4.78 is 0. The number of likely N-dealkylation sites (tertiary alicyclic amines) is 1. The summed E-state index contributed by atoms with van der Waals surface area (Å²) in [5.41, 5.74) is 0.910. The fraction of sp³-hybridized carbons (Fsp3) is 0.682. The van der Waals surface area contributed by atoms with Gasteiger partial charge in [0.15, 0.2) is 0 Å². The topological polar surface area (TPSA) is 60.8 Å². The standard InChI is InChI=1S/C22H35NO3/c1-17(2)14-22(16-24)10-6-12-23(15-22)20(25)19-8-5-7-18(13-19)9-11-21(3,4)26/h5,7-8,13,17,24,26H,6,9-12,14-16H2,1-4H3. The van der Waals surface area contributed by atoms with E-state index < -0.39 is 5.60 Å². The van der Waals surface area contributed by atoms with Crippen LogP contribution in [-0.4, -0.2) is 46.3 Å². The van der Waals surface area contributed by atoms with Crippen molar-refractivity contribution in [3.8, 4) is 0 Å². The van der Waals surface area contributed by atoms with Gasteiger partial charge in [0.1, 0.15) is 0 Å². The van der Waals surface area contributed by atoms with E-state index in [2.05, 4.69) is 13.8 Å². The quantitative estimate of drug-likeness (QED) is 0.779. The maximum Gasteiger partial charge on any atom is 0.253 e. The molecule has 4 heteroatoms. The van der Waals surface area contributed by atoms with E-state index in [9.17, 15) is 15.0 Å². The predicted molar refractivity (Wildman–Crippen MR) is 105 cm³/mol. The highest BCUT2D eigenvalue weighted by atomic mass is 16.3. The molecule has 2 rings (SSSR count). The summed E-state index contributed by atoms with van der Waals surface area (Å²) in [4.78, 5) is 15.0. The summed E-state index contributed by atoms with van der Waals surface area (Å²) in [5.74, 6) is 0.554. The molecule has 4 nitrogen and oxygen atoms in total. The van der Waals surface area contributed by atoms with Crippen LogP contribution in [0.3, 0.4) is 0 Å². The molecule has 0 spiro atoms. The zero-order chi connectivity index (χ0) is 19.4. The van der Waals surface area contributed by atoms with Gasteiger partial charge in [-0.15, -0.1) is 0 Å². The van der Waals surface area contributed by atoms with Crippen LogP contribution in [0.4, 0.5) is 0 Å². The van der Waals surface area contributed by atoms with Crippen LogP contribution in [0.25, 0.3) is 0 Å². The molecule has 0 aromatic heterocycles. The third-order valence-electron chi connectivity index (χ3n) is 5.32. The third-order valence-corrected chi connectivity index (χ3v) is 5.32. The fourth-order valence-electron chi connectivity index (χ4n) is 4.10. The molecule has 2 N–H and O–H groups in total. The Morgan fingerprint density at radius 3 is 2.69 bits per heavy atom. The third kappa shape index (κ3) is 5.82. The Labute approximate surface area is 158 Å². The second-order valence-corrected chi connectivity index (χ2v) is 9.10. The Morgan fingerprint density at radius 1 is 1.35 bits per heavy atom. The average Bonchev–Trinajstić information content (AvgIpc) is 2.58. The van der Waals surface area contributed by atoms with Gasteiger partial charge in [0.05, 0.1) is 12.2 Å². The van der Waals surface area contributed by atoms with Crippen molar-refractivity contribution in [3.63, 3.8) is 0 Å². The lowest BCUT2D eigenvalue weighted by Crippen LogP contribution is -2.48. The molecule has 1 aliphatic heterocycles.